The van der Waals surface area contributed by atoms with Crippen molar-refractivity contribution in [3.63, 3.8) is 0 Å². The number of halogens is 4. The molecule has 0 aromatic heterocycles. The molecule has 0 atom stereocenters. The van der Waals surface area contributed by atoms with E-state index in [-0.39, 0.29) is 23.6 Å². The van der Waals surface area contributed by atoms with Crippen molar-refractivity contribution in [2.45, 2.75) is 12.7 Å². The topological polar surface area (TPSA) is 73.8 Å². The Kier molecular flexibility index (Phi) is 7.04. The molecule has 11 heteroatoms. The monoisotopic (exact) mass is 410 g/mol. The zero-order valence-electron chi connectivity index (χ0n) is 14.8. The van der Waals surface area contributed by atoms with Crippen molar-refractivity contribution >= 4 is 15.8 Å². The molecule has 0 bridgehead atoms. The van der Waals surface area contributed by atoms with Crippen LogP contribution in [0.2, 0.25) is 0 Å². The number of guanidine groups is 1. The Balaban J connectivity index is 1.84. The maximum absolute atomic E-state index is 13.1. The highest BCUT2D eigenvalue weighted by molar-refractivity contribution is 7.91. The molecule has 0 aliphatic carbocycles. The molecule has 1 fully saturated rings. The van der Waals surface area contributed by atoms with Crippen molar-refractivity contribution in [1.82, 2.24) is 15.5 Å². The van der Waals surface area contributed by atoms with E-state index in [1.165, 1.54) is 7.05 Å². The summed E-state index contributed by atoms with van der Waals surface area (Å²) in [6.45, 7) is 1.79. The van der Waals surface area contributed by atoms with Crippen LogP contribution < -0.4 is 10.6 Å². The summed E-state index contributed by atoms with van der Waals surface area (Å²) in [5.41, 5.74) is -1.12. The largest absolute Gasteiger partial charge is 0.416 e. The Morgan fingerprint density at radius 1 is 1.22 bits per heavy atom. The second kappa shape index (κ2) is 8.87. The molecule has 1 saturated heterocycles. The van der Waals surface area contributed by atoms with Gasteiger partial charge in [-0.25, -0.2) is 12.8 Å². The first-order chi connectivity index (χ1) is 12.6. The summed E-state index contributed by atoms with van der Waals surface area (Å²) < 4.78 is 74.9. The third-order valence-electron chi connectivity index (χ3n) is 4.20. The summed E-state index contributed by atoms with van der Waals surface area (Å²) in [5, 5.41) is 5.74. The van der Waals surface area contributed by atoms with Gasteiger partial charge in [-0.2, -0.15) is 13.2 Å². The minimum absolute atomic E-state index is 0.0897. The highest BCUT2D eigenvalue weighted by Gasteiger charge is 2.33. The van der Waals surface area contributed by atoms with E-state index in [1.54, 1.807) is 0 Å². The highest BCUT2D eigenvalue weighted by atomic mass is 32.2. The quantitative estimate of drug-likeness (QED) is 0.434. The number of benzene rings is 1. The van der Waals surface area contributed by atoms with Crippen molar-refractivity contribution in [1.29, 1.82) is 0 Å². The van der Waals surface area contributed by atoms with Gasteiger partial charge in [0.25, 0.3) is 0 Å². The molecule has 2 N–H and O–H groups in total. The van der Waals surface area contributed by atoms with Crippen LogP contribution >= 0.6 is 0 Å². The SMILES string of the molecule is CN=C(NCCN1CCS(=O)(=O)CC1)NCc1ccc(F)cc1C(F)(F)F. The van der Waals surface area contributed by atoms with Crippen LogP contribution in [0, 0.1) is 5.82 Å². The number of hydrogen-bond acceptors (Lipinski definition) is 4. The number of hydrogen-bond donors (Lipinski definition) is 2. The summed E-state index contributed by atoms with van der Waals surface area (Å²) in [6, 6.07) is 2.54. The summed E-state index contributed by atoms with van der Waals surface area (Å²) in [7, 11) is -1.45. The standard InChI is InChI=1S/C16H22F4N4O2S/c1-21-15(22-4-5-24-6-8-27(25,26)9-7-24)23-11-12-2-3-13(17)10-14(12)16(18,19)20/h2-3,10H,4-9,11H2,1H3,(H2,21,22,23). The van der Waals surface area contributed by atoms with E-state index >= 15 is 0 Å². The Morgan fingerprint density at radius 3 is 2.48 bits per heavy atom. The van der Waals surface area contributed by atoms with Crippen molar-refractivity contribution in [3.8, 4) is 0 Å². The molecule has 152 valence electrons. The number of nitrogens with zero attached hydrogens (tertiary/aromatic N) is 2. The van der Waals surface area contributed by atoms with Crippen LogP contribution in [0.15, 0.2) is 23.2 Å². The van der Waals surface area contributed by atoms with Crippen LogP contribution in [-0.4, -0.2) is 64.0 Å². The van der Waals surface area contributed by atoms with E-state index in [9.17, 15) is 26.0 Å². The van der Waals surface area contributed by atoms with Gasteiger partial charge in [-0.3, -0.25) is 9.89 Å². The maximum atomic E-state index is 13.1. The fourth-order valence-electron chi connectivity index (χ4n) is 2.67. The van der Waals surface area contributed by atoms with Gasteiger partial charge in [0.15, 0.2) is 15.8 Å². The van der Waals surface area contributed by atoms with Crippen molar-refractivity contribution in [2.75, 3.05) is 44.7 Å². The summed E-state index contributed by atoms with van der Waals surface area (Å²) in [6.07, 6.45) is -4.65. The maximum Gasteiger partial charge on any atom is 0.416 e. The lowest BCUT2D eigenvalue weighted by atomic mass is 10.1. The lowest BCUT2D eigenvalue weighted by Gasteiger charge is -2.26. The number of nitrogens with one attached hydrogen (secondary N) is 2. The normalized spacial score (nSPS) is 18.3. The first-order valence-corrected chi connectivity index (χ1v) is 10.2. The first kappa shape index (κ1) is 21.4. The molecular weight excluding hydrogens is 388 g/mol. The molecule has 0 amide bonds. The number of alkyl halides is 3. The second-order valence-electron chi connectivity index (χ2n) is 6.15. The van der Waals surface area contributed by atoms with Crippen molar-refractivity contribution < 1.29 is 26.0 Å². The zero-order valence-corrected chi connectivity index (χ0v) is 15.6. The molecule has 0 radical (unpaired) electrons. The first-order valence-electron chi connectivity index (χ1n) is 8.33. The van der Waals surface area contributed by atoms with Crippen LogP contribution in [-0.2, 0) is 22.6 Å². The van der Waals surface area contributed by atoms with E-state index in [4.69, 9.17) is 0 Å². The average molecular weight is 410 g/mol. The van der Waals surface area contributed by atoms with Gasteiger partial charge in [-0.05, 0) is 17.7 Å². The van der Waals surface area contributed by atoms with Crippen LogP contribution in [0.1, 0.15) is 11.1 Å². The summed E-state index contributed by atoms with van der Waals surface area (Å²) in [4.78, 5) is 5.93. The highest BCUT2D eigenvalue weighted by Crippen LogP contribution is 2.32. The van der Waals surface area contributed by atoms with Crippen LogP contribution in [0.25, 0.3) is 0 Å². The molecule has 0 unspecified atom stereocenters. The Labute approximate surface area is 155 Å². The molecular formula is C16H22F4N4O2S. The van der Waals surface area contributed by atoms with Crippen molar-refractivity contribution in [3.05, 3.63) is 35.1 Å². The van der Waals surface area contributed by atoms with E-state index in [1.807, 2.05) is 4.90 Å². The molecule has 0 spiro atoms. The predicted octanol–water partition coefficient (Wildman–Crippen LogP) is 1.24. The fourth-order valence-corrected chi connectivity index (χ4v) is 3.95. The molecule has 6 nitrogen and oxygen atoms in total. The molecule has 1 aliphatic heterocycles. The van der Waals surface area contributed by atoms with Gasteiger partial charge in [0.2, 0.25) is 0 Å². The second-order valence-corrected chi connectivity index (χ2v) is 8.45. The van der Waals surface area contributed by atoms with Gasteiger partial charge >= 0.3 is 6.18 Å². The molecule has 0 saturated carbocycles. The third kappa shape index (κ3) is 6.65. The van der Waals surface area contributed by atoms with Gasteiger partial charge in [-0.15, -0.1) is 0 Å². The van der Waals surface area contributed by atoms with E-state index in [0.717, 1.165) is 12.1 Å². The van der Waals surface area contributed by atoms with Gasteiger partial charge in [0, 0.05) is 39.8 Å². The molecule has 1 aliphatic rings. The molecule has 2 rings (SSSR count). The smallest absolute Gasteiger partial charge is 0.355 e. The summed E-state index contributed by atoms with van der Waals surface area (Å²) in [5.74, 6) is -0.385. The van der Waals surface area contributed by atoms with Gasteiger partial charge in [0.05, 0.1) is 17.1 Å². The van der Waals surface area contributed by atoms with E-state index in [2.05, 4.69) is 15.6 Å². The van der Waals surface area contributed by atoms with E-state index in [0.29, 0.717) is 38.2 Å². The number of rotatable bonds is 5. The Morgan fingerprint density at radius 2 is 1.89 bits per heavy atom. The fraction of sp³-hybridized carbons (Fsp3) is 0.562. The Hall–Kier alpha value is -1.88. The van der Waals surface area contributed by atoms with Crippen LogP contribution in [0.4, 0.5) is 17.6 Å². The van der Waals surface area contributed by atoms with Crippen LogP contribution in [0.3, 0.4) is 0 Å². The van der Waals surface area contributed by atoms with Gasteiger partial charge in [0.1, 0.15) is 5.82 Å². The average Bonchev–Trinajstić information content (AvgIpc) is 2.59. The molecule has 1 heterocycles. The zero-order chi connectivity index (χ0) is 20.1. The molecule has 1 aromatic carbocycles. The molecule has 1 aromatic rings. The third-order valence-corrected chi connectivity index (χ3v) is 5.81. The number of aliphatic imine (C=N–C) groups is 1. The van der Waals surface area contributed by atoms with Gasteiger partial charge in [-0.1, -0.05) is 6.07 Å². The summed E-state index contributed by atoms with van der Waals surface area (Å²) >= 11 is 0. The lowest BCUT2D eigenvalue weighted by Crippen LogP contribution is -2.45. The van der Waals surface area contributed by atoms with Crippen LogP contribution in [0.5, 0.6) is 0 Å². The number of sulfone groups is 1. The Bertz CT molecular complexity index is 767. The minimum atomic E-state index is -4.65. The molecule has 27 heavy (non-hydrogen) atoms. The lowest BCUT2D eigenvalue weighted by molar-refractivity contribution is -0.138. The minimum Gasteiger partial charge on any atom is -0.355 e. The van der Waals surface area contributed by atoms with Crippen molar-refractivity contribution in [2.24, 2.45) is 4.99 Å². The predicted molar refractivity (Wildman–Crippen MR) is 94.7 cm³/mol. The van der Waals surface area contributed by atoms with Gasteiger partial charge < -0.3 is 10.6 Å². The van der Waals surface area contributed by atoms with E-state index < -0.39 is 27.4 Å².